The lowest BCUT2D eigenvalue weighted by Crippen LogP contribution is -2.38. The van der Waals surface area contributed by atoms with Crippen LogP contribution in [0.4, 0.5) is 11.4 Å². The zero-order chi connectivity index (χ0) is 24.7. The second-order valence-electron chi connectivity index (χ2n) is 8.55. The van der Waals surface area contributed by atoms with E-state index in [1.165, 1.54) is 30.8 Å². The zero-order valence-electron chi connectivity index (χ0n) is 19.1. The number of hydrogen-bond acceptors (Lipinski definition) is 8. The molecule has 1 N–H and O–H groups in total. The molecule has 33 heavy (non-hydrogen) atoms. The fourth-order valence-corrected chi connectivity index (χ4v) is 3.96. The summed E-state index contributed by atoms with van der Waals surface area (Å²) in [4.78, 5) is 57.5. The molecule has 0 aliphatic carbocycles. The van der Waals surface area contributed by atoms with Gasteiger partial charge in [-0.05, 0) is 13.0 Å². The van der Waals surface area contributed by atoms with Gasteiger partial charge in [-0.25, -0.2) is 14.8 Å². The molecule has 2 heterocycles. The largest absolute Gasteiger partial charge is 0.332 e. The van der Waals surface area contributed by atoms with Crippen molar-refractivity contribution >= 4 is 40.1 Å². The van der Waals surface area contributed by atoms with E-state index in [-0.39, 0.29) is 27.5 Å². The van der Waals surface area contributed by atoms with Crippen LogP contribution >= 0.6 is 11.8 Å². The molecule has 2 aromatic heterocycles. The second-order valence-corrected chi connectivity index (χ2v) is 9.51. The van der Waals surface area contributed by atoms with Crippen LogP contribution in [0.1, 0.15) is 32.2 Å². The number of amides is 1. The fraction of sp³-hybridized carbons (Fsp3) is 0.381. The van der Waals surface area contributed by atoms with Gasteiger partial charge in [0, 0.05) is 25.6 Å². The van der Waals surface area contributed by atoms with E-state index in [4.69, 9.17) is 0 Å². The molecule has 0 atom stereocenters. The molecule has 3 rings (SSSR count). The lowest BCUT2D eigenvalue weighted by molar-refractivity contribution is -0.385. The van der Waals surface area contributed by atoms with Crippen molar-refractivity contribution in [3.8, 4) is 0 Å². The van der Waals surface area contributed by atoms with Crippen molar-refractivity contribution in [2.24, 2.45) is 14.1 Å². The Morgan fingerprint density at radius 3 is 2.45 bits per heavy atom. The van der Waals surface area contributed by atoms with Gasteiger partial charge in [-0.1, -0.05) is 38.6 Å². The van der Waals surface area contributed by atoms with Crippen molar-refractivity contribution < 1.29 is 9.72 Å². The Bertz CT molecular complexity index is 1400. The molecule has 174 valence electrons. The van der Waals surface area contributed by atoms with Gasteiger partial charge in [-0.3, -0.25) is 28.8 Å². The number of thioether (sulfide) groups is 1. The van der Waals surface area contributed by atoms with E-state index in [1.807, 2.05) is 20.8 Å². The number of fused-ring (bicyclic) bond motifs is 1. The van der Waals surface area contributed by atoms with Gasteiger partial charge in [-0.2, -0.15) is 0 Å². The van der Waals surface area contributed by atoms with Gasteiger partial charge < -0.3 is 5.32 Å². The number of anilines is 1. The molecular formula is C21H24N6O5S. The average molecular weight is 473 g/mol. The van der Waals surface area contributed by atoms with Gasteiger partial charge in [0.05, 0.1) is 21.9 Å². The summed E-state index contributed by atoms with van der Waals surface area (Å²) in [5.41, 5.74) is -0.764. The molecule has 1 amide bonds. The van der Waals surface area contributed by atoms with Crippen LogP contribution in [0.3, 0.4) is 0 Å². The minimum absolute atomic E-state index is 0.0959. The van der Waals surface area contributed by atoms with Crippen molar-refractivity contribution in [1.82, 2.24) is 19.1 Å². The number of carbonyl (C=O) groups excluding carboxylic acids is 1. The first-order valence-electron chi connectivity index (χ1n) is 9.97. The first kappa shape index (κ1) is 24.1. The molecule has 3 aromatic rings. The summed E-state index contributed by atoms with van der Waals surface area (Å²) >= 11 is 1.04. The highest BCUT2D eigenvalue weighted by molar-refractivity contribution is 8.00. The van der Waals surface area contributed by atoms with Crippen LogP contribution in [0.15, 0.2) is 32.8 Å². The van der Waals surface area contributed by atoms with E-state index in [0.29, 0.717) is 17.1 Å². The molecule has 0 radical (unpaired) electrons. The van der Waals surface area contributed by atoms with Gasteiger partial charge in [0.2, 0.25) is 5.91 Å². The number of aryl methyl sites for hydroxylation is 1. The quantitative estimate of drug-likeness (QED) is 0.258. The maximum Gasteiger partial charge on any atom is 0.332 e. The predicted molar refractivity (Wildman–Crippen MR) is 126 cm³/mol. The molecule has 0 spiro atoms. The number of nitro groups is 1. The molecule has 0 bridgehead atoms. The van der Waals surface area contributed by atoms with Gasteiger partial charge >= 0.3 is 5.69 Å². The number of nitrogens with zero attached hydrogens (tertiary/aromatic N) is 5. The molecular weight excluding hydrogens is 448 g/mol. The van der Waals surface area contributed by atoms with Crippen LogP contribution in [0.5, 0.6) is 0 Å². The minimum Gasteiger partial charge on any atom is -0.325 e. The first-order chi connectivity index (χ1) is 15.3. The molecule has 0 saturated heterocycles. The third-order valence-corrected chi connectivity index (χ3v) is 6.03. The van der Waals surface area contributed by atoms with Crippen LogP contribution in [0.25, 0.3) is 11.0 Å². The van der Waals surface area contributed by atoms with E-state index in [0.717, 1.165) is 16.3 Å². The molecule has 0 saturated carbocycles. The summed E-state index contributed by atoms with van der Waals surface area (Å²) in [6, 6.07) is 4.43. The minimum atomic E-state index is -0.550. The summed E-state index contributed by atoms with van der Waals surface area (Å²) in [6.07, 6.45) is 0. The van der Waals surface area contributed by atoms with Gasteiger partial charge in [0.1, 0.15) is 16.2 Å². The Morgan fingerprint density at radius 2 is 1.85 bits per heavy atom. The Hall–Kier alpha value is -3.54. The number of benzene rings is 1. The molecule has 1 aromatic carbocycles. The molecule has 0 aliphatic rings. The Morgan fingerprint density at radius 1 is 1.18 bits per heavy atom. The van der Waals surface area contributed by atoms with Crippen molar-refractivity contribution in [1.29, 1.82) is 0 Å². The van der Waals surface area contributed by atoms with Crippen LogP contribution in [-0.4, -0.2) is 35.7 Å². The fourth-order valence-electron chi connectivity index (χ4n) is 3.15. The summed E-state index contributed by atoms with van der Waals surface area (Å²) in [5.74, 6) is -0.103. The lowest BCUT2D eigenvalue weighted by atomic mass is 9.96. The van der Waals surface area contributed by atoms with Crippen molar-refractivity contribution in [3.05, 3.63) is 60.5 Å². The van der Waals surface area contributed by atoms with Crippen LogP contribution in [0, 0.1) is 17.0 Å². The van der Waals surface area contributed by atoms with Gasteiger partial charge in [0.25, 0.3) is 11.2 Å². The number of carbonyl (C=O) groups is 1. The zero-order valence-corrected chi connectivity index (χ0v) is 19.9. The van der Waals surface area contributed by atoms with E-state index < -0.39 is 27.5 Å². The monoisotopic (exact) mass is 472 g/mol. The summed E-state index contributed by atoms with van der Waals surface area (Å²) in [7, 11) is 2.89. The van der Waals surface area contributed by atoms with E-state index >= 15 is 0 Å². The molecule has 0 fully saturated rings. The third-order valence-electron chi connectivity index (χ3n) is 5.05. The number of rotatable bonds is 5. The van der Waals surface area contributed by atoms with E-state index in [2.05, 4.69) is 15.3 Å². The predicted octanol–water partition coefficient (Wildman–Crippen LogP) is 2.27. The van der Waals surface area contributed by atoms with Gasteiger partial charge in [0.15, 0.2) is 5.65 Å². The highest BCUT2D eigenvalue weighted by atomic mass is 32.2. The van der Waals surface area contributed by atoms with E-state index in [9.17, 15) is 24.5 Å². The van der Waals surface area contributed by atoms with Crippen molar-refractivity contribution in [3.63, 3.8) is 0 Å². The maximum atomic E-state index is 12.9. The van der Waals surface area contributed by atoms with Crippen molar-refractivity contribution in [2.75, 3.05) is 11.1 Å². The standard InChI is InChI=1S/C21H24N6O5S/c1-11-12(8-7-9-13(11)27(31)32)22-14(28)10-33-17-15-16(23-19(24-17)21(2,3)4)25(5)20(30)26(6)18(15)29/h7-9H,10H2,1-6H3,(H,22,28). The first-order valence-corrected chi connectivity index (χ1v) is 11.0. The Labute approximate surface area is 193 Å². The molecule has 11 nitrogen and oxygen atoms in total. The van der Waals surface area contributed by atoms with Crippen LogP contribution in [-0.2, 0) is 24.3 Å². The van der Waals surface area contributed by atoms with Gasteiger partial charge in [-0.15, -0.1) is 0 Å². The highest BCUT2D eigenvalue weighted by Crippen LogP contribution is 2.28. The Balaban J connectivity index is 2.00. The number of nitro benzene ring substituents is 1. The van der Waals surface area contributed by atoms with E-state index in [1.54, 1.807) is 13.0 Å². The summed E-state index contributed by atoms with van der Waals surface area (Å²) in [6.45, 7) is 7.26. The SMILES string of the molecule is Cc1c(NC(=O)CSc2nc(C(C)(C)C)nc3c2c(=O)n(C)c(=O)n3C)cccc1[N+](=O)[O-]. The second kappa shape index (κ2) is 8.77. The third kappa shape index (κ3) is 4.65. The molecule has 0 unspecified atom stereocenters. The smallest absolute Gasteiger partial charge is 0.325 e. The highest BCUT2D eigenvalue weighted by Gasteiger charge is 2.24. The average Bonchev–Trinajstić information content (AvgIpc) is 2.74. The number of nitrogens with one attached hydrogen (secondary N) is 1. The number of aromatic nitrogens is 4. The maximum absolute atomic E-state index is 12.9. The summed E-state index contributed by atoms with van der Waals surface area (Å²) in [5, 5.41) is 14.2. The normalized spacial score (nSPS) is 11.6. The van der Waals surface area contributed by atoms with Crippen LogP contribution < -0.4 is 16.6 Å². The molecule has 12 heteroatoms. The number of hydrogen-bond donors (Lipinski definition) is 1. The van der Waals surface area contributed by atoms with Crippen molar-refractivity contribution in [2.45, 2.75) is 38.1 Å². The lowest BCUT2D eigenvalue weighted by Gasteiger charge is -2.19. The van der Waals surface area contributed by atoms with Crippen LogP contribution in [0.2, 0.25) is 0 Å². The summed E-state index contributed by atoms with van der Waals surface area (Å²) < 4.78 is 2.25. The Kier molecular flexibility index (Phi) is 6.41. The molecule has 0 aliphatic heterocycles. The topological polar surface area (TPSA) is 142 Å².